The summed E-state index contributed by atoms with van der Waals surface area (Å²) >= 11 is 0. The number of nitrogens with zero attached hydrogens (tertiary/aromatic N) is 1. The second kappa shape index (κ2) is 3.79. The topological polar surface area (TPSA) is 12.5 Å². The summed E-state index contributed by atoms with van der Waals surface area (Å²) < 4.78 is 0. The minimum atomic E-state index is 0.556. The van der Waals surface area contributed by atoms with Gasteiger partial charge < -0.3 is 4.84 Å². The zero-order valence-electron chi connectivity index (χ0n) is 7.94. The lowest BCUT2D eigenvalue weighted by Gasteiger charge is -2.20. The number of para-hydroxylation sites is 1. The van der Waals surface area contributed by atoms with Crippen LogP contribution in [0.5, 0.6) is 5.75 Å². The van der Waals surface area contributed by atoms with Crippen molar-refractivity contribution in [3.63, 3.8) is 0 Å². The standard InChI is InChI=1S/C11H15NO/c1-10-6-5-9-12(10)13-11-7-3-2-4-8-11/h2-4,7-8,10H,5-6,9H2,1H3/t10-/m1/s1. The van der Waals surface area contributed by atoms with Crippen LogP contribution in [0, 0.1) is 0 Å². The summed E-state index contributed by atoms with van der Waals surface area (Å²) in [5.74, 6) is 0.941. The summed E-state index contributed by atoms with van der Waals surface area (Å²) in [6.45, 7) is 3.26. The minimum absolute atomic E-state index is 0.556. The van der Waals surface area contributed by atoms with Crippen LogP contribution in [0.15, 0.2) is 30.3 Å². The maximum atomic E-state index is 5.72. The van der Waals surface area contributed by atoms with Crippen LogP contribution in [-0.4, -0.2) is 17.6 Å². The summed E-state index contributed by atoms with van der Waals surface area (Å²) in [6.07, 6.45) is 2.49. The van der Waals surface area contributed by atoms with Crippen molar-refractivity contribution in [1.82, 2.24) is 5.06 Å². The fraction of sp³-hybridized carbons (Fsp3) is 0.455. The molecule has 1 atom stereocenters. The average Bonchev–Trinajstić information content (AvgIpc) is 2.54. The predicted octanol–water partition coefficient (Wildman–Crippen LogP) is 2.46. The van der Waals surface area contributed by atoms with Crippen molar-refractivity contribution >= 4 is 0 Å². The Balaban J connectivity index is 1.98. The second-order valence-corrected chi connectivity index (χ2v) is 3.54. The molecule has 0 saturated carbocycles. The molecule has 70 valence electrons. The zero-order chi connectivity index (χ0) is 9.10. The smallest absolute Gasteiger partial charge is 0.147 e. The van der Waals surface area contributed by atoms with Gasteiger partial charge in [-0.3, -0.25) is 0 Å². The SMILES string of the molecule is C[C@@H]1CCCN1Oc1ccccc1. The van der Waals surface area contributed by atoms with E-state index in [1.165, 1.54) is 12.8 Å². The first-order valence-electron chi connectivity index (χ1n) is 4.86. The summed E-state index contributed by atoms with van der Waals surface area (Å²) in [4.78, 5) is 5.72. The van der Waals surface area contributed by atoms with E-state index < -0.39 is 0 Å². The van der Waals surface area contributed by atoms with Gasteiger partial charge in [0.15, 0.2) is 0 Å². The number of rotatable bonds is 2. The van der Waals surface area contributed by atoms with Gasteiger partial charge in [-0.1, -0.05) is 18.2 Å². The van der Waals surface area contributed by atoms with Gasteiger partial charge in [0.1, 0.15) is 5.75 Å². The number of hydroxylamine groups is 2. The molecule has 1 fully saturated rings. The average molecular weight is 177 g/mol. The van der Waals surface area contributed by atoms with Crippen LogP contribution >= 0.6 is 0 Å². The minimum Gasteiger partial charge on any atom is -0.406 e. The van der Waals surface area contributed by atoms with Crippen molar-refractivity contribution < 1.29 is 4.84 Å². The summed E-state index contributed by atoms with van der Waals surface area (Å²) in [5.41, 5.74) is 0. The number of benzene rings is 1. The first-order chi connectivity index (χ1) is 6.36. The normalized spacial score (nSPS) is 23.3. The summed E-state index contributed by atoms with van der Waals surface area (Å²) in [5, 5.41) is 2.06. The van der Waals surface area contributed by atoms with Gasteiger partial charge in [-0.15, -0.1) is 5.06 Å². The molecule has 0 aliphatic carbocycles. The number of hydrogen-bond donors (Lipinski definition) is 0. The molecule has 2 heteroatoms. The molecule has 0 radical (unpaired) electrons. The molecule has 0 unspecified atom stereocenters. The first-order valence-corrected chi connectivity index (χ1v) is 4.86. The Hall–Kier alpha value is -1.02. The van der Waals surface area contributed by atoms with Crippen LogP contribution in [0.4, 0.5) is 0 Å². The highest BCUT2D eigenvalue weighted by molar-refractivity contribution is 5.20. The molecule has 0 spiro atoms. The lowest BCUT2D eigenvalue weighted by atomic mass is 10.3. The van der Waals surface area contributed by atoms with Gasteiger partial charge in [-0.2, -0.15) is 0 Å². The van der Waals surface area contributed by atoms with Crippen LogP contribution in [0.25, 0.3) is 0 Å². The monoisotopic (exact) mass is 177 g/mol. The van der Waals surface area contributed by atoms with E-state index in [1.54, 1.807) is 0 Å². The van der Waals surface area contributed by atoms with Gasteiger partial charge in [-0.25, -0.2) is 0 Å². The first kappa shape index (κ1) is 8.57. The lowest BCUT2D eigenvalue weighted by molar-refractivity contribution is -0.0648. The Morgan fingerprint density at radius 3 is 2.69 bits per heavy atom. The Morgan fingerprint density at radius 1 is 1.31 bits per heavy atom. The fourth-order valence-corrected chi connectivity index (χ4v) is 1.66. The van der Waals surface area contributed by atoms with Crippen LogP contribution in [-0.2, 0) is 0 Å². The van der Waals surface area contributed by atoms with Gasteiger partial charge in [0.2, 0.25) is 0 Å². The highest BCUT2D eigenvalue weighted by atomic mass is 16.7. The van der Waals surface area contributed by atoms with Crippen molar-refractivity contribution in [2.45, 2.75) is 25.8 Å². The van der Waals surface area contributed by atoms with Crippen LogP contribution in [0.2, 0.25) is 0 Å². The van der Waals surface area contributed by atoms with E-state index in [1.807, 2.05) is 30.3 Å². The van der Waals surface area contributed by atoms with Crippen molar-refractivity contribution in [2.24, 2.45) is 0 Å². The fourth-order valence-electron chi connectivity index (χ4n) is 1.66. The zero-order valence-corrected chi connectivity index (χ0v) is 7.94. The molecule has 1 heterocycles. The second-order valence-electron chi connectivity index (χ2n) is 3.54. The molecule has 13 heavy (non-hydrogen) atoms. The molecule has 1 aromatic carbocycles. The molecule has 1 saturated heterocycles. The van der Waals surface area contributed by atoms with Gasteiger partial charge in [0.25, 0.3) is 0 Å². The molecular formula is C11H15NO. The lowest BCUT2D eigenvalue weighted by Crippen LogP contribution is -2.30. The van der Waals surface area contributed by atoms with Gasteiger partial charge >= 0.3 is 0 Å². The molecule has 0 amide bonds. The van der Waals surface area contributed by atoms with Crippen molar-refractivity contribution in [3.8, 4) is 5.75 Å². The van der Waals surface area contributed by atoms with E-state index in [4.69, 9.17) is 4.84 Å². The van der Waals surface area contributed by atoms with Crippen molar-refractivity contribution in [1.29, 1.82) is 0 Å². The molecule has 1 aromatic rings. The van der Waals surface area contributed by atoms with E-state index in [-0.39, 0.29) is 0 Å². The predicted molar refractivity (Wildman–Crippen MR) is 52.5 cm³/mol. The molecule has 0 bridgehead atoms. The number of hydrogen-bond acceptors (Lipinski definition) is 2. The van der Waals surface area contributed by atoms with E-state index in [0.29, 0.717) is 6.04 Å². The third-order valence-corrected chi connectivity index (χ3v) is 2.46. The quantitative estimate of drug-likeness (QED) is 0.688. The van der Waals surface area contributed by atoms with Crippen LogP contribution < -0.4 is 4.84 Å². The molecule has 1 aliphatic rings. The highest BCUT2D eigenvalue weighted by Gasteiger charge is 2.21. The Kier molecular flexibility index (Phi) is 2.50. The highest BCUT2D eigenvalue weighted by Crippen LogP contribution is 2.19. The van der Waals surface area contributed by atoms with E-state index in [9.17, 15) is 0 Å². The van der Waals surface area contributed by atoms with E-state index in [2.05, 4.69) is 12.0 Å². The van der Waals surface area contributed by atoms with Crippen molar-refractivity contribution in [3.05, 3.63) is 30.3 Å². The van der Waals surface area contributed by atoms with Crippen LogP contribution in [0.3, 0.4) is 0 Å². The summed E-state index contributed by atoms with van der Waals surface area (Å²) in [7, 11) is 0. The Labute approximate surface area is 79.1 Å². The molecule has 2 rings (SSSR count). The third-order valence-electron chi connectivity index (χ3n) is 2.46. The third kappa shape index (κ3) is 2.01. The van der Waals surface area contributed by atoms with Gasteiger partial charge in [0.05, 0.1) is 0 Å². The maximum Gasteiger partial charge on any atom is 0.147 e. The Morgan fingerprint density at radius 2 is 2.08 bits per heavy atom. The Bertz CT molecular complexity index is 260. The molecule has 2 nitrogen and oxygen atoms in total. The molecule has 1 aliphatic heterocycles. The molecular weight excluding hydrogens is 162 g/mol. The summed E-state index contributed by atoms with van der Waals surface area (Å²) in [6, 6.07) is 10.5. The maximum absolute atomic E-state index is 5.72. The largest absolute Gasteiger partial charge is 0.406 e. The van der Waals surface area contributed by atoms with E-state index in [0.717, 1.165) is 12.3 Å². The van der Waals surface area contributed by atoms with E-state index >= 15 is 0 Å². The van der Waals surface area contributed by atoms with Gasteiger partial charge in [-0.05, 0) is 31.9 Å². The molecule has 0 aromatic heterocycles. The van der Waals surface area contributed by atoms with Crippen LogP contribution in [0.1, 0.15) is 19.8 Å². The molecule has 0 N–H and O–H groups in total. The van der Waals surface area contributed by atoms with Gasteiger partial charge in [0, 0.05) is 12.6 Å². The van der Waals surface area contributed by atoms with Crippen molar-refractivity contribution in [2.75, 3.05) is 6.54 Å².